The fraction of sp³-hybridized carbons (Fsp3) is 0.347. The third kappa shape index (κ3) is 37.9. The number of ketones is 2. The zero-order valence-electron chi connectivity index (χ0n) is 76.0. The number of aromatic carboxylic acids is 1. The van der Waals surface area contributed by atoms with Gasteiger partial charge >= 0.3 is 42.7 Å². The molecule has 680 valence electrons. The number of carboxylic acids is 3. The summed E-state index contributed by atoms with van der Waals surface area (Å²) in [5, 5.41) is 32.3. The topological polar surface area (TPSA) is 343 Å². The van der Waals surface area contributed by atoms with Gasteiger partial charge in [0.2, 0.25) is 0 Å². The van der Waals surface area contributed by atoms with Gasteiger partial charge in [0.05, 0.1) is 60.6 Å². The second-order valence-corrected chi connectivity index (χ2v) is 32.6. The summed E-state index contributed by atoms with van der Waals surface area (Å²) in [6.45, 7) is 32.2. The molecule has 0 aromatic heterocycles. The molecule has 26 heteroatoms. The van der Waals surface area contributed by atoms with E-state index in [1.165, 1.54) is 36.6 Å². The molecule has 1 fully saturated rings. The molecule has 127 heavy (non-hydrogen) atoms. The number of benzene rings is 8. The molecule has 8 aromatic carbocycles. The van der Waals surface area contributed by atoms with Crippen molar-refractivity contribution >= 4 is 130 Å². The van der Waals surface area contributed by atoms with Crippen molar-refractivity contribution in [3.63, 3.8) is 0 Å². The number of esters is 3. The first kappa shape index (κ1) is 115. The minimum absolute atomic E-state index is 0. The standard InChI is InChI=1S/C24H27NO3.C23H24O3.C22H23NO3.C12H13BrO.C11H12O2.C4H8O.2C2H4O2.CH5NO.ClH.Li.H2O.Pd/c1-5-28-23(26)19-11-8-17(9-12-19)6-7-18-10-13-21-20(16-18)22(25-27-4)14-15-24(21,2)3;1-4-26-22(25)18-10-7-16(8-11-18)5-6-17-9-12-20-19(15-17)21(24)13-14-23(20,2)3;1-22(2)13-12-20(23-26-3)18-14-16(8-11-19(18)22)5-4-15-6-9-17(10-7-15)21(24)25;1-12(2)6-5-11(14)9-7-8(13)3-4-10(9)12;1-3-9-5-7-10(8-6-9)11(12)13-4-2;1-2-4-5-3-1;2*1-2(3)4;1-3-2;;;;/h6-13,16H,5,14-15H2,1-4H3;5-12,15H,4,13-14H2,1-3H3;4-11,14H,12-13H2,1-3H3,(H,24,25);3-4,7H,5-6H2,1-2H3;3,5-8H,1,4H2,2H3;1-4H2;2*1H3,(H,3,4);2H2,1H3;1H;;1H2;/q;;;;;;;;;;+1;;/p-1/b7-6+,25-22+;6-5+;5-4+,23-20+;;;;;;;;;;. The van der Waals surface area contributed by atoms with Gasteiger partial charge in [0.15, 0.2) is 11.6 Å². The number of nitrogens with two attached hydrogens (primary N) is 1. The summed E-state index contributed by atoms with van der Waals surface area (Å²) in [6, 6.07) is 53.8. The number of hydrogen-bond acceptors (Lipinski definition) is 19. The molecule has 0 spiro atoms. The molecule has 8 aromatic rings. The van der Waals surface area contributed by atoms with Crippen molar-refractivity contribution < 1.29 is 132 Å². The van der Waals surface area contributed by atoms with Gasteiger partial charge < -0.3 is 54.3 Å². The Labute approximate surface area is 788 Å². The van der Waals surface area contributed by atoms with Gasteiger partial charge in [-0.15, -0.1) is 12.4 Å². The number of Topliss-reactive ketones (excluding diaryl/α,β-unsaturated/α-hetero) is 2. The van der Waals surface area contributed by atoms with Gasteiger partial charge in [-0.3, -0.25) is 19.2 Å². The SMILES string of the molecule is C1CCOC1.C=Cc1ccc(C(=O)OCC)cc1.CC(=O)O.CC(=O)O.CC1(C)CCC(=O)c2cc(Br)ccc21.CCOC(=O)c1ccc(/C=C/c2ccc3c(c2)/C(=N/OC)CCC3(C)C)cc1.CCOC(=O)c1ccc(/C=C/c2ccc3c(c2)C(=O)CCC3(C)C)cc1.CO/N=C1\CCC(C)(C)c2ccc(/C=C/c3ccc(C(=O)O)cc3)cc21.CON.Cl.[Li+].[OH-].[Pd]. The minimum atomic E-state index is -0.914. The average Bonchev–Trinajstić information content (AvgIpc) is 1.32. The first-order chi connectivity index (χ1) is 58.4. The van der Waals surface area contributed by atoms with Crippen LogP contribution < -0.4 is 24.8 Å². The Morgan fingerprint density at radius 3 is 0.961 bits per heavy atom. The summed E-state index contributed by atoms with van der Waals surface area (Å²) >= 11 is 3.40. The second kappa shape index (κ2) is 57.5. The largest absolute Gasteiger partial charge is 1.00 e. The number of oxime groups is 2. The summed E-state index contributed by atoms with van der Waals surface area (Å²) < 4.78 is 20.8. The molecule has 1 saturated heterocycles. The average molecular weight is 1910 g/mol. The van der Waals surface area contributed by atoms with Gasteiger partial charge in [-0.05, 0) is 234 Å². The number of rotatable bonds is 16. The monoisotopic (exact) mass is 1910 g/mol. The summed E-state index contributed by atoms with van der Waals surface area (Å²) in [5.74, 6) is 1.40. The molecular weight excluding hydrogens is 1790 g/mol. The van der Waals surface area contributed by atoms with E-state index in [0.717, 1.165) is 148 Å². The van der Waals surface area contributed by atoms with Crippen molar-refractivity contribution in [2.45, 2.75) is 176 Å². The molecule has 0 atom stereocenters. The van der Waals surface area contributed by atoms with Crippen molar-refractivity contribution in [3.8, 4) is 0 Å². The van der Waals surface area contributed by atoms with Crippen molar-refractivity contribution in [3.05, 3.63) is 287 Å². The van der Waals surface area contributed by atoms with E-state index in [1.807, 2.05) is 85.0 Å². The van der Waals surface area contributed by atoms with E-state index in [4.69, 9.17) is 53.5 Å². The Hall–Kier alpha value is -10.3. The Balaban J connectivity index is 0.000000768. The first-order valence-corrected chi connectivity index (χ1v) is 41.7. The van der Waals surface area contributed by atoms with Crippen LogP contribution in [0.25, 0.3) is 42.5 Å². The number of fused-ring (bicyclic) bond motifs is 4. The maximum atomic E-state index is 12.3. The van der Waals surface area contributed by atoms with Gasteiger partial charge in [0.1, 0.15) is 14.2 Å². The van der Waals surface area contributed by atoms with Crippen LogP contribution in [0.15, 0.2) is 191 Å². The van der Waals surface area contributed by atoms with Crippen molar-refractivity contribution in [1.82, 2.24) is 0 Å². The van der Waals surface area contributed by atoms with Crippen molar-refractivity contribution in [2.24, 2.45) is 16.2 Å². The van der Waals surface area contributed by atoms with Crippen LogP contribution >= 0.6 is 28.3 Å². The Morgan fingerprint density at radius 2 is 0.685 bits per heavy atom. The van der Waals surface area contributed by atoms with Gasteiger partial charge in [-0.25, -0.2) is 25.1 Å². The number of aliphatic carboxylic acids is 2. The Morgan fingerprint density at radius 1 is 0.433 bits per heavy atom. The van der Waals surface area contributed by atoms with E-state index in [-0.39, 0.29) is 108 Å². The molecule has 5 aliphatic rings. The summed E-state index contributed by atoms with van der Waals surface area (Å²) in [5.41, 5.74) is 20.6. The molecule has 22 nitrogen and oxygen atoms in total. The zero-order chi connectivity index (χ0) is 91.0. The van der Waals surface area contributed by atoms with Crippen LogP contribution in [0.2, 0.25) is 0 Å². The third-order valence-corrected chi connectivity index (χ3v) is 21.0. The van der Waals surface area contributed by atoms with E-state index in [9.17, 15) is 28.8 Å². The van der Waals surface area contributed by atoms with Crippen LogP contribution in [0.4, 0.5) is 0 Å². The predicted octanol–water partition coefficient (Wildman–Crippen LogP) is 19.7. The molecule has 1 aliphatic heterocycles. The Bertz CT molecular complexity index is 5030. The molecule has 0 unspecified atom stereocenters. The molecule has 0 radical (unpaired) electrons. The fourth-order valence-electron chi connectivity index (χ4n) is 13.7. The molecule has 13 rings (SSSR count). The number of halogens is 2. The number of carbonyl (C=O) groups is 8. The van der Waals surface area contributed by atoms with E-state index in [0.29, 0.717) is 54.9 Å². The van der Waals surface area contributed by atoms with E-state index in [1.54, 1.807) is 102 Å². The maximum absolute atomic E-state index is 12.3. The van der Waals surface area contributed by atoms with Gasteiger partial charge in [0.25, 0.3) is 11.9 Å². The van der Waals surface area contributed by atoms with Crippen LogP contribution in [0.5, 0.6) is 0 Å². The third-order valence-electron chi connectivity index (χ3n) is 20.5. The van der Waals surface area contributed by atoms with Crippen LogP contribution in [-0.2, 0) is 85.1 Å². The number of ether oxygens (including phenoxy) is 4. The normalized spacial score (nSPS) is 15.0. The van der Waals surface area contributed by atoms with Crippen LogP contribution in [0, 0.1) is 0 Å². The predicted molar refractivity (Wildman–Crippen MR) is 503 cm³/mol. The maximum Gasteiger partial charge on any atom is 1.00 e. The van der Waals surface area contributed by atoms with Gasteiger partial charge in [-0.1, -0.05) is 222 Å². The van der Waals surface area contributed by atoms with Crippen LogP contribution in [0.1, 0.15) is 289 Å². The Kier molecular flexibility index (Phi) is 51.9. The van der Waals surface area contributed by atoms with E-state index < -0.39 is 17.9 Å². The smallest absolute Gasteiger partial charge is 0.870 e. The molecule has 4 aliphatic carbocycles. The van der Waals surface area contributed by atoms with Crippen molar-refractivity contribution in [2.75, 3.05) is 54.4 Å². The minimum Gasteiger partial charge on any atom is -0.870 e. The number of carbonyl (C=O) groups excluding carboxylic acids is 5. The number of nitrogens with zero attached hydrogens (tertiary/aromatic N) is 2. The number of carboxylic acid groups (broad SMARTS) is 3. The molecule has 1 heterocycles. The van der Waals surface area contributed by atoms with Gasteiger partial charge in [0, 0.05) is 87.1 Å². The molecule has 6 N–H and O–H groups in total. The molecular formula is C101H122BrClLiN3O19Pd. The quantitative estimate of drug-likeness (QED) is 0.0229. The van der Waals surface area contributed by atoms with Crippen molar-refractivity contribution in [1.29, 1.82) is 0 Å². The summed E-state index contributed by atoms with van der Waals surface area (Å²) in [4.78, 5) is 101. The molecule has 0 bridgehead atoms. The van der Waals surface area contributed by atoms with Gasteiger partial charge in [-0.2, -0.15) is 0 Å². The zero-order valence-corrected chi connectivity index (χ0v) is 80.0. The summed E-state index contributed by atoms with van der Waals surface area (Å²) in [6.07, 6.45) is 23.5. The van der Waals surface area contributed by atoms with E-state index in [2.05, 4.69) is 160 Å². The van der Waals surface area contributed by atoms with E-state index >= 15 is 0 Å². The second-order valence-electron chi connectivity index (χ2n) is 31.7. The van der Waals surface area contributed by atoms with Crippen LogP contribution in [0.3, 0.4) is 0 Å². The molecule has 0 saturated carbocycles. The van der Waals surface area contributed by atoms with Crippen LogP contribution in [-0.4, -0.2) is 134 Å². The number of hydrogen-bond donors (Lipinski definition) is 4. The first-order valence-electron chi connectivity index (χ1n) is 40.9. The fourth-order valence-corrected chi connectivity index (χ4v) is 14.1. The molecule has 0 amide bonds. The summed E-state index contributed by atoms with van der Waals surface area (Å²) in [7, 11) is 4.58.